The molecule has 0 aliphatic heterocycles. The molecule has 0 N–H and O–H groups in total. The van der Waals surface area contributed by atoms with Gasteiger partial charge in [0.15, 0.2) is 0 Å². The molecule has 0 radical (unpaired) electrons. The molecule has 1 heterocycles. The van der Waals surface area contributed by atoms with Gasteiger partial charge in [-0.15, -0.1) is 0 Å². The molecule has 106 valence electrons. The smallest absolute Gasteiger partial charge is 0.0707 e. The van der Waals surface area contributed by atoms with E-state index in [1.807, 2.05) is 6.20 Å². The van der Waals surface area contributed by atoms with Crippen LogP contribution >= 0.6 is 0 Å². The molecular weight excluding hydrogens is 242 g/mol. The molecule has 1 heteroatoms. The second-order valence-corrected chi connectivity index (χ2v) is 7.48. The maximum atomic E-state index is 4.60. The Kier molecular flexibility index (Phi) is 3.73. The summed E-state index contributed by atoms with van der Waals surface area (Å²) in [5, 5.41) is 0. The Hall–Kier alpha value is -1.63. The first-order chi connectivity index (χ1) is 9.19. The van der Waals surface area contributed by atoms with Crippen LogP contribution < -0.4 is 0 Å². The maximum absolute atomic E-state index is 4.60. The van der Waals surface area contributed by atoms with Crippen molar-refractivity contribution in [2.45, 2.75) is 52.4 Å². The third kappa shape index (κ3) is 3.09. The van der Waals surface area contributed by atoms with Gasteiger partial charge in [-0.05, 0) is 34.1 Å². The number of rotatable bonds is 1. The molecule has 1 nitrogen and oxygen atoms in total. The lowest BCUT2D eigenvalue weighted by atomic mass is 9.81. The minimum Gasteiger partial charge on any atom is -0.256 e. The van der Waals surface area contributed by atoms with E-state index in [1.54, 1.807) is 0 Å². The highest BCUT2D eigenvalue weighted by Gasteiger charge is 2.20. The summed E-state index contributed by atoms with van der Waals surface area (Å²) >= 11 is 0. The van der Waals surface area contributed by atoms with Crippen molar-refractivity contribution in [1.82, 2.24) is 4.98 Å². The zero-order valence-electron chi connectivity index (χ0n) is 13.5. The number of benzene rings is 1. The Labute approximate surface area is 123 Å². The number of nitrogens with zero attached hydrogens (tertiary/aromatic N) is 1. The number of hydrogen-bond acceptors (Lipinski definition) is 1. The number of aromatic nitrogens is 1. The minimum absolute atomic E-state index is 0.121. The summed E-state index contributed by atoms with van der Waals surface area (Å²) in [6, 6.07) is 12.9. The molecule has 0 fully saturated rings. The Bertz CT molecular complexity index is 598. The van der Waals surface area contributed by atoms with Crippen molar-refractivity contribution in [2.24, 2.45) is 0 Å². The molecule has 0 bridgehead atoms. The van der Waals surface area contributed by atoms with Gasteiger partial charge in [-0.25, -0.2) is 0 Å². The first kappa shape index (κ1) is 14.8. The molecular formula is C19H25N. The lowest BCUT2D eigenvalue weighted by Gasteiger charge is -2.24. The fourth-order valence-electron chi connectivity index (χ4n) is 2.40. The van der Waals surface area contributed by atoms with E-state index < -0.39 is 0 Å². The maximum Gasteiger partial charge on any atom is 0.0707 e. The highest BCUT2D eigenvalue weighted by atomic mass is 14.7. The molecule has 2 rings (SSSR count). The van der Waals surface area contributed by atoms with Crippen molar-refractivity contribution in [3.05, 3.63) is 53.7 Å². The Morgan fingerprint density at radius 3 is 2.05 bits per heavy atom. The van der Waals surface area contributed by atoms with E-state index in [0.29, 0.717) is 0 Å². The summed E-state index contributed by atoms with van der Waals surface area (Å²) < 4.78 is 0. The highest BCUT2D eigenvalue weighted by molar-refractivity contribution is 5.66. The van der Waals surface area contributed by atoms with E-state index in [1.165, 1.54) is 16.7 Å². The summed E-state index contributed by atoms with van der Waals surface area (Å²) in [5.41, 5.74) is 5.25. The average Bonchev–Trinajstić information content (AvgIpc) is 2.37. The molecule has 0 saturated carbocycles. The Morgan fingerprint density at radius 2 is 1.45 bits per heavy atom. The van der Waals surface area contributed by atoms with Gasteiger partial charge in [-0.3, -0.25) is 4.98 Å². The second-order valence-electron chi connectivity index (χ2n) is 7.48. The Morgan fingerprint density at radius 1 is 0.800 bits per heavy atom. The molecule has 0 unspecified atom stereocenters. The van der Waals surface area contributed by atoms with Crippen LogP contribution in [0.5, 0.6) is 0 Å². The van der Waals surface area contributed by atoms with Gasteiger partial charge in [0.1, 0.15) is 0 Å². The molecule has 0 aliphatic carbocycles. The standard InChI is InChI=1S/C19H25N/c1-18(2,3)14-11-12-20-17(13-14)15-9-7-8-10-16(15)19(4,5)6/h7-13H,1-6H3. The largest absolute Gasteiger partial charge is 0.256 e. The van der Waals surface area contributed by atoms with Crippen LogP contribution in [-0.2, 0) is 10.8 Å². The third-order valence-corrected chi connectivity index (χ3v) is 3.64. The normalized spacial score (nSPS) is 12.5. The lowest BCUT2D eigenvalue weighted by molar-refractivity contribution is 0.588. The molecule has 0 atom stereocenters. The topological polar surface area (TPSA) is 12.9 Å². The third-order valence-electron chi connectivity index (χ3n) is 3.64. The van der Waals surface area contributed by atoms with Crippen LogP contribution in [0.25, 0.3) is 11.3 Å². The summed E-state index contributed by atoms with van der Waals surface area (Å²) in [6.45, 7) is 13.5. The van der Waals surface area contributed by atoms with E-state index >= 15 is 0 Å². The van der Waals surface area contributed by atoms with Crippen molar-refractivity contribution in [1.29, 1.82) is 0 Å². The second kappa shape index (κ2) is 5.05. The quantitative estimate of drug-likeness (QED) is 0.679. The zero-order chi connectivity index (χ0) is 15.0. The van der Waals surface area contributed by atoms with Crippen molar-refractivity contribution >= 4 is 0 Å². The highest BCUT2D eigenvalue weighted by Crippen LogP contribution is 2.33. The van der Waals surface area contributed by atoms with Gasteiger partial charge in [0.25, 0.3) is 0 Å². The van der Waals surface area contributed by atoms with Crippen molar-refractivity contribution in [2.75, 3.05) is 0 Å². The molecule has 0 amide bonds. The summed E-state index contributed by atoms with van der Waals surface area (Å²) in [4.78, 5) is 4.60. The van der Waals surface area contributed by atoms with Crippen LogP contribution in [0.4, 0.5) is 0 Å². The van der Waals surface area contributed by atoms with E-state index in [9.17, 15) is 0 Å². The fourth-order valence-corrected chi connectivity index (χ4v) is 2.40. The van der Waals surface area contributed by atoms with Gasteiger partial charge in [0.2, 0.25) is 0 Å². The first-order valence-corrected chi connectivity index (χ1v) is 7.26. The number of pyridine rings is 1. The fraction of sp³-hybridized carbons (Fsp3) is 0.421. The van der Waals surface area contributed by atoms with Crippen LogP contribution in [0, 0.1) is 0 Å². The van der Waals surface area contributed by atoms with E-state index in [4.69, 9.17) is 0 Å². The van der Waals surface area contributed by atoms with Gasteiger partial charge in [0, 0.05) is 11.8 Å². The van der Waals surface area contributed by atoms with E-state index in [0.717, 1.165) is 5.69 Å². The van der Waals surface area contributed by atoms with Crippen molar-refractivity contribution in [3.63, 3.8) is 0 Å². The molecule has 0 aliphatic rings. The Balaban J connectivity index is 2.59. The van der Waals surface area contributed by atoms with Crippen LogP contribution in [0.15, 0.2) is 42.6 Å². The van der Waals surface area contributed by atoms with Gasteiger partial charge < -0.3 is 0 Å². The molecule has 0 saturated heterocycles. The van der Waals surface area contributed by atoms with E-state index in [-0.39, 0.29) is 10.8 Å². The minimum atomic E-state index is 0.121. The number of hydrogen-bond donors (Lipinski definition) is 0. The zero-order valence-corrected chi connectivity index (χ0v) is 13.5. The predicted octanol–water partition coefficient (Wildman–Crippen LogP) is 5.34. The van der Waals surface area contributed by atoms with Gasteiger partial charge in [-0.2, -0.15) is 0 Å². The van der Waals surface area contributed by atoms with E-state index in [2.05, 4.69) is 82.9 Å². The molecule has 2 aromatic rings. The molecule has 1 aromatic carbocycles. The van der Waals surface area contributed by atoms with Crippen molar-refractivity contribution < 1.29 is 0 Å². The summed E-state index contributed by atoms with van der Waals surface area (Å²) in [5.74, 6) is 0. The summed E-state index contributed by atoms with van der Waals surface area (Å²) in [6.07, 6.45) is 1.93. The van der Waals surface area contributed by atoms with Gasteiger partial charge >= 0.3 is 0 Å². The lowest BCUT2D eigenvalue weighted by Crippen LogP contribution is -2.14. The predicted molar refractivity (Wildman–Crippen MR) is 87.1 cm³/mol. The average molecular weight is 267 g/mol. The molecule has 0 spiro atoms. The van der Waals surface area contributed by atoms with Gasteiger partial charge in [-0.1, -0.05) is 65.8 Å². The van der Waals surface area contributed by atoms with Crippen LogP contribution in [-0.4, -0.2) is 4.98 Å². The molecule has 1 aromatic heterocycles. The molecule has 20 heavy (non-hydrogen) atoms. The van der Waals surface area contributed by atoms with Gasteiger partial charge in [0.05, 0.1) is 5.69 Å². The van der Waals surface area contributed by atoms with Crippen LogP contribution in [0.2, 0.25) is 0 Å². The first-order valence-electron chi connectivity index (χ1n) is 7.26. The summed E-state index contributed by atoms with van der Waals surface area (Å²) in [7, 11) is 0. The van der Waals surface area contributed by atoms with Crippen LogP contribution in [0.1, 0.15) is 52.7 Å². The monoisotopic (exact) mass is 267 g/mol. The van der Waals surface area contributed by atoms with Crippen molar-refractivity contribution in [3.8, 4) is 11.3 Å². The van der Waals surface area contributed by atoms with Crippen LogP contribution in [0.3, 0.4) is 0 Å². The SMILES string of the molecule is CC(C)(C)c1ccnc(-c2ccccc2C(C)(C)C)c1.